The molecule has 20 heavy (non-hydrogen) atoms. The molecule has 0 radical (unpaired) electrons. The molecule has 2 aromatic rings. The van der Waals surface area contributed by atoms with Crippen LogP contribution >= 0.6 is 0 Å². The van der Waals surface area contributed by atoms with Gasteiger partial charge >= 0.3 is 0 Å². The minimum atomic E-state index is -4.38. The molecule has 0 atom stereocenters. The van der Waals surface area contributed by atoms with E-state index in [2.05, 4.69) is 4.98 Å². The molecule has 1 aromatic carbocycles. The van der Waals surface area contributed by atoms with Crippen LogP contribution in [0.25, 0.3) is 0 Å². The Morgan fingerprint density at radius 2 is 1.85 bits per heavy atom. The summed E-state index contributed by atoms with van der Waals surface area (Å²) in [5.74, 6) is -2.48. The minimum Gasteiger partial charge on any atom is -0.399 e. The maximum absolute atomic E-state index is 13.7. The second-order valence-electron chi connectivity index (χ2n) is 4.00. The molecule has 1 aromatic heterocycles. The first-order valence-electron chi connectivity index (χ1n) is 5.47. The summed E-state index contributed by atoms with van der Waals surface area (Å²) in [6, 6.07) is 4.48. The lowest BCUT2D eigenvalue weighted by atomic mass is 10.3. The van der Waals surface area contributed by atoms with Gasteiger partial charge in [-0.3, -0.25) is 9.29 Å². The summed E-state index contributed by atoms with van der Waals surface area (Å²) in [6.45, 7) is 0. The topological polar surface area (TPSA) is 76.3 Å². The van der Waals surface area contributed by atoms with Crippen molar-refractivity contribution in [1.82, 2.24) is 4.98 Å². The molecule has 0 aliphatic heterocycles. The summed E-state index contributed by atoms with van der Waals surface area (Å²) in [4.78, 5) is 2.71. The highest BCUT2D eigenvalue weighted by Crippen LogP contribution is 2.27. The third-order valence-electron chi connectivity index (χ3n) is 2.65. The van der Waals surface area contributed by atoms with Gasteiger partial charge in [-0.2, -0.15) is 0 Å². The highest BCUT2D eigenvalue weighted by Gasteiger charge is 2.29. The zero-order valence-corrected chi connectivity index (χ0v) is 11.2. The standard InChI is InChI=1S/C12H11F2N3O2S/c1-17(9-3-2-4-16-7-9)20(18,19)12-10(13)5-8(15)6-11(12)14/h2-7H,15H2,1H3. The Morgan fingerprint density at radius 3 is 2.35 bits per heavy atom. The van der Waals surface area contributed by atoms with Crippen LogP contribution in [0, 0.1) is 11.6 Å². The number of pyridine rings is 1. The molecule has 0 aliphatic rings. The maximum Gasteiger partial charge on any atom is 0.269 e. The summed E-state index contributed by atoms with van der Waals surface area (Å²) in [5, 5.41) is 0. The van der Waals surface area contributed by atoms with Gasteiger partial charge in [-0.1, -0.05) is 0 Å². The first-order valence-corrected chi connectivity index (χ1v) is 6.91. The van der Waals surface area contributed by atoms with Crippen LogP contribution in [0.3, 0.4) is 0 Å². The molecular weight excluding hydrogens is 288 g/mol. The molecule has 0 aliphatic carbocycles. The zero-order valence-electron chi connectivity index (χ0n) is 10.4. The normalized spacial score (nSPS) is 11.3. The van der Waals surface area contributed by atoms with Crippen molar-refractivity contribution in [1.29, 1.82) is 0 Å². The second kappa shape index (κ2) is 5.04. The fraction of sp³-hybridized carbons (Fsp3) is 0.0833. The van der Waals surface area contributed by atoms with Gasteiger partial charge in [-0.25, -0.2) is 17.2 Å². The van der Waals surface area contributed by atoms with E-state index in [1.807, 2.05) is 0 Å². The smallest absolute Gasteiger partial charge is 0.269 e. The third-order valence-corrected chi connectivity index (χ3v) is 4.49. The predicted octanol–water partition coefficient (Wildman–Crippen LogP) is 1.77. The molecule has 0 spiro atoms. The fourth-order valence-corrected chi connectivity index (χ4v) is 2.91. The van der Waals surface area contributed by atoms with E-state index < -0.39 is 26.6 Å². The first-order chi connectivity index (χ1) is 9.34. The molecule has 0 saturated carbocycles. The van der Waals surface area contributed by atoms with Crippen molar-refractivity contribution in [2.45, 2.75) is 4.90 Å². The largest absolute Gasteiger partial charge is 0.399 e. The minimum absolute atomic E-state index is 0.183. The number of nitrogens with two attached hydrogens (primary N) is 1. The van der Waals surface area contributed by atoms with E-state index in [1.165, 1.54) is 31.6 Å². The van der Waals surface area contributed by atoms with E-state index in [1.54, 1.807) is 0 Å². The predicted molar refractivity (Wildman–Crippen MR) is 70.6 cm³/mol. The number of nitrogens with zero attached hydrogens (tertiary/aromatic N) is 2. The average molecular weight is 299 g/mol. The zero-order chi connectivity index (χ0) is 14.9. The van der Waals surface area contributed by atoms with Crippen molar-refractivity contribution in [3.63, 3.8) is 0 Å². The molecule has 0 fully saturated rings. The van der Waals surface area contributed by atoms with Gasteiger partial charge in [0, 0.05) is 18.9 Å². The molecule has 1 heterocycles. The Kier molecular flexibility index (Phi) is 3.58. The molecular formula is C12H11F2N3O2S. The summed E-state index contributed by atoms with van der Waals surface area (Å²) < 4.78 is 52.8. The maximum atomic E-state index is 13.7. The van der Waals surface area contributed by atoms with Gasteiger partial charge in [0.15, 0.2) is 4.90 Å². The summed E-state index contributed by atoms with van der Waals surface area (Å²) in [5.41, 5.74) is 5.25. The van der Waals surface area contributed by atoms with Crippen LogP contribution in [0.1, 0.15) is 0 Å². The number of halogens is 2. The molecule has 2 N–H and O–H groups in total. The summed E-state index contributed by atoms with van der Waals surface area (Å²) in [7, 11) is -3.20. The van der Waals surface area contributed by atoms with Gasteiger partial charge in [0.05, 0.1) is 11.9 Å². The molecule has 0 amide bonds. The van der Waals surface area contributed by atoms with Crippen LogP contribution in [-0.4, -0.2) is 20.4 Å². The Morgan fingerprint density at radius 1 is 1.25 bits per heavy atom. The Hall–Kier alpha value is -2.22. The summed E-state index contributed by atoms with van der Waals surface area (Å²) >= 11 is 0. The van der Waals surface area contributed by atoms with E-state index in [0.717, 1.165) is 16.4 Å². The lowest BCUT2D eigenvalue weighted by Crippen LogP contribution is -2.28. The Labute approximate surface area is 114 Å². The summed E-state index contributed by atoms with van der Waals surface area (Å²) in [6.07, 6.45) is 2.72. The van der Waals surface area contributed by atoms with Crippen LogP contribution in [0.15, 0.2) is 41.6 Å². The van der Waals surface area contributed by atoms with E-state index in [-0.39, 0.29) is 11.4 Å². The lowest BCUT2D eigenvalue weighted by Gasteiger charge is -2.19. The molecule has 0 saturated heterocycles. The van der Waals surface area contributed by atoms with Gasteiger partial charge in [0.25, 0.3) is 10.0 Å². The van der Waals surface area contributed by atoms with E-state index >= 15 is 0 Å². The monoisotopic (exact) mass is 299 g/mol. The Balaban J connectivity index is 2.57. The number of hydrogen-bond donors (Lipinski definition) is 1. The van der Waals surface area contributed by atoms with Crippen LogP contribution in [0.2, 0.25) is 0 Å². The van der Waals surface area contributed by atoms with E-state index in [0.29, 0.717) is 0 Å². The quantitative estimate of drug-likeness (QED) is 0.876. The van der Waals surface area contributed by atoms with Crippen LogP contribution in [0.4, 0.5) is 20.2 Å². The molecule has 8 heteroatoms. The number of aromatic nitrogens is 1. The number of rotatable bonds is 3. The van der Waals surface area contributed by atoms with Crippen molar-refractivity contribution in [2.75, 3.05) is 17.1 Å². The number of hydrogen-bond acceptors (Lipinski definition) is 4. The highest BCUT2D eigenvalue weighted by atomic mass is 32.2. The van der Waals surface area contributed by atoms with Crippen molar-refractivity contribution in [3.05, 3.63) is 48.3 Å². The SMILES string of the molecule is CN(c1cccnc1)S(=O)(=O)c1c(F)cc(N)cc1F. The molecule has 0 bridgehead atoms. The molecule has 2 rings (SSSR count). The van der Waals surface area contributed by atoms with Gasteiger partial charge < -0.3 is 5.73 Å². The van der Waals surface area contributed by atoms with Gasteiger partial charge in [-0.15, -0.1) is 0 Å². The van der Waals surface area contributed by atoms with Crippen LogP contribution in [-0.2, 0) is 10.0 Å². The van der Waals surface area contributed by atoms with Crippen molar-refractivity contribution in [3.8, 4) is 0 Å². The van der Waals surface area contributed by atoms with Crippen molar-refractivity contribution in [2.24, 2.45) is 0 Å². The highest BCUT2D eigenvalue weighted by molar-refractivity contribution is 7.92. The number of benzene rings is 1. The third kappa shape index (κ3) is 2.42. The Bertz CT molecular complexity index is 713. The number of anilines is 2. The van der Waals surface area contributed by atoms with Crippen LogP contribution < -0.4 is 10.0 Å². The van der Waals surface area contributed by atoms with E-state index in [9.17, 15) is 17.2 Å². The number of nitrogen functional groups attached to an aromatic ring is 1. The fourth-order valence-electron chi connectivity index (χ4n) is 1.64. The van der Waals surface area contributed by atoms with Crippen molar-refractivity contribution < 1.29 is 17.2 Å². The lowest BCUT2D eigenvalue weighted by molar-refractivity contribution is 0.519. The van der Waals surface area contributed by atoms with Crippen LogP contribution in [0.5, 0.6) is 0 Å². The van der Waals surface area contributed by atoms with E-state index in [4.69, 9.17) is 5.73 Å². The molecule has 5 nitrogen and oxygen atoms in total. The molecule has 106 valence electrons. The van der Waals surface area contributed by atoms with Gasteiger partial charge in [0.1, 0.15) is 11.6 Å². The average Bonchev–Trinajstić information content (AvgIpc) is 2.37. The first kappa shape index (κ1) is 14.2. The number of sulfonamides is 1. The van der Waals surface area contributed by atoms with Gasteiger partial charge in [0.2, 0.25) is 0 Å². The molecule has 0 unspecified atom stereocenters. The second-order valence-corrected chi connectivity index (χ2v) is 5.90. The van der Waals surface area contributed by atoms with Crippen molar-refractivity contribution >= 4 is 21.4 Å². The van der Waals surface area contributed by atoms with Gasteiger partial charge in [-0.05, 0) is 24.3 Å².